The largest absolute Gasteiger partial charge is 0.385 e. The maximum Gasteiger partial charge on any atom is 0.143 e. The maximum atomic E-state index is 10.7. The standard InChI is InChI=1S/C7H13BrO2/c1-10-5-3-2-4-7(9)6-8/h2-6H2,1H3. The smallest absolute Gasteiger partial charge is 0.143 e. The second kappa shape index (κ2) is 7.22. The molecule has 60 valence electrons. The van der Waals surface area contributed by atoms with Crippen LogP contribution in [0.4, 0.5) is 0 Å². The fraction of sp³-hybridized carbons (Fsp3) is 0.857. The lowest BCUT2D eigenvalue weighted by molar-refractivity contribution is -0.116. The number of hydrogen-bond donors (Lipinski definition) is 0. The lowest BCUT2D eigenvalue weighted by Crippen LogP contribution is -1.99. The average Bonchev–Trinajstić information content (AvgIpc) is 1.98. The third-order valence-electron chi connectivity index (χ3n) is 1.20. The normalized spacial score (nSPS) is 9.80. The Morgan fingerprint density at radius 3 is 2.70 bits per heavy atom. The van der Waals surface area contributed by atoms with Crippen molar-refractivity contribution in [3.63, 3.8) is 0 Å². The lowest BCUT2D eigenvalue weighted by Gasteiger charge is -1.96. The monoisotopic (exact) mass is 208 g/mol. The summed E-state index contributed by atoms with van der Waals surface area (Å²) in [6.45, 7) is 0.759. The molecule has 0 aromatic heterocycles. The van der Waals surface area contributed by atoms with Crippen molar-refractivity contribution in [2.75, 3.05) is 19.0 Å². The molecule has 0 aromatic carbocycles. The van der Waals surface area contributed by atoms with Gasteiger partial charge in [-0.2, -0.15) is 0 Å². The first kappa shape index (κ1) is 10.1. The molecule has 0 radical (unpaired) electrons. The van der Waals surface area contributed by atoms with Crippen molar-refractivity contribution in [3.8, 4) is 0 Å². The molecule has 0 aliphatic rings. The van der Waals surface area contributed by atoms with Gasteiger partial charge in [0.05, 0.1) is 5.33 Å². The van der Waals surface area contributed by atoms with E-state index < -0.39 is 0 Å². The summed E-state index contributed by atoms with van der Waals surface area (Å²) in [7, 11) is 1.67. The van der Waals surface area contributed by atoms with Crippen LogP contribution in [0.3, 0.4) is 0 Å². The van der Waals surface area contributed by atoms with Crippen LogP contribution in [0.25, 0.3) is 0 Å². The number of halogens is 1. The maximum absolute atomic E-state index is 10.7. The van der Waals surface area contributed by atoms with Crippen LogP contribution >= 0.6 is 15.9 Å². The number of Topliss-reactive ketones (excluding diaryl/α,β-unsaturated/α-hetero) is 1. The number of ketones is 1. The molecular formula is C7H13BrO2. The zero-order valence-electron chi connectivity index (χ0n) is 6.23. The first-order valence-electron chi connectivity index (χ1n) is 3.38. The van der Waals surface area contributed by atoms with Crippen molar-refractivity contribution in [1.82, 2.24) is 0 Å². The van der Waals surface area contributed by atoms with Crippen molar-refractivity contribution in [3.05, 3.63) is 0 Å². The van der Waals surface area contributed by atoms with E-state index in [1.807, 2.05) is 0 Å². The molecule has 0 atom stereocenters. The fourth-order valence-electron chi connectivity index (χ4n) is 0.635. The highest BCUT2D eigenvalue weighted by Crippen LogP contribution is 1.98. The first-order chi connectivity index (χ1) is 4.81. The molecule has 0 rings (SSSR count). The minimum Gasteiger partial charge on any atom is -0.385 e. The number of hydrogen-bond acceptors (Lipinski definition) is 2. The average molecular weight is 209 g/mol. The Bertz CT molecular complexity index is 93.6. The summed E-state index contributed by atoms with van der Waals surface area (Å²) < 4.78 is 4.83. The van der Waals surface area contributed by atoms with Gasteiger partial charge in [-0.15, -0.1) is 0 Å². The highest BCUT2D eigenvalue weighted by Gasteiger charge is 1.97. The summed E-state index contributed by atoms with van der Waals surface area (Å²) in [6, 6.07) is 0. The molecule has 3 heteroatoms. The number of ether oxygens (including phenoxy) is 1. The molecule has 0 saturated carbocycles. The molecule has 0 aliphatic heterocycles. The SMILES string of the molecule is COCCCCC(=O)CBr. The Hall–Kier alpha value is 0.110. The van der Waals surface area contributed by atoms with Crippen LogP contribution < -0.4 is 0 Å². The van der Waals surface area contributed by atoms with Crippen molar-refractivity contribution >= 4 is 21.7 Å². The van der Waals surface area contributed by atoms with E-state index in [4.69, 9.17) is 4.74 Å². The van der Waals surface area contributed by atoms with Crippen molar-refractivity contribution in [2.24, 2.45) is 0 Å². The van der Waals surface area contributed by atoms with E-state index in [0.717, 1.165) is 19.4 Å². The number of carbonyl (C=O) groups excluding carboxylic acids is 1. The van der Waals surface area contributed by atoms with Crippen LogP contribution in [0.5, 0.6) is 0 Å². The van der Waals surface area contributed by atoms with E-state index in [1.54, 1.807) is 7.11 Å². The molecule has 0 amide bonds. The van der Waals surface area contributed by atoms with Gasteiger partial charge < -0.3 is 4.74 Å². The Balaban J connectivity index is 2.96. The highest BCUT2D eigenvalue weighted by atomic mass is 79.9. The number of methoxy groups -OCH3 is 1. The minimum absolute atomic E-state index is 0.274. The van der Waals surface area contributed by atoms with Crippen molar-refractivity contribution < 1.29 is 9.53 Å². The molecule has 0 heterocycles. The summed E-state index contributed by atoms with van der Waals surface area (Å²) in [6.07, 6.45) is 2.60. The Morgan fingerprint density at radius 1 is 1.50 bits per heavy atom. The lowest BCUT2D eigenvalue weighted by atomic mass is 10.2. The van der Waals surface area contributed by atoms with Gasteiger partial charge in [-0.05, 0) is 12.8 Å². The van der Waals surface area contributed by atoms with Gasteiger partial charge in [-0.3, -0.25) is 4.79 Å². The zero-order valence-corrected chi connectivity index (χ0v) is 7.82. The van der Waals surface area contributed by atoms with E-state index in [1.165, 1.54) is 0 Å². The third kappa shape index (κ3) is 6.23. The summed E-state index contributed by atoms with van der Waals surface area (Å²) in [5.74, 6) is 0.274. The van der Waals surface area contributed by atoms with Crippen molar-refractivity contribution in [2.45, 2.75) is 19.3 Å². The van der Waals surface area contributed by atoms with Gasteiger partial charge in [0.25, 0.3) is 0 Å². The minimum atomic E-state index is 0.274. The van der Waals surface area contributed by atoms with E-state index in [-0.39, 0.29) is 5.78 Å². The molecule has 10 heavy (non-hydrogen) atoms. The van der Waals surface area contributed by atoms with Crippen LogP contribution in [-0.4, -0.2) is 24.8 Å². The highest BCUT2D eigenvalue weighted by molar-refractivity contribution is 9.09. The summed E-state index contributed by atoms with van der Waals surface area (Å²) in [5.41, 5.74) is 0. The molecule has 0 aliphatic carbocycles. The second-order valence-electron chi connectivity index (χ2n) is 2.12. The summed E-state index contributed by atoms with van der Waals surface area (Å²) in [5, 5.41) is 0.486. The molecule has 0 fully saturated rings. The third-order valence-corrected chi connectivity index (χ3v) is 1.83. The number of unbranched alkanes of at least 4 members (excludes halogenated alkanes) is 1. The Morgan fingerprint density at radius 2 is 2.20 bits per heavy atom. The van der Waals surface area contributed by atoms with Gasteiger partial charge >= 0.3 is 0 Å². The van der Waals surface area contributed by atoms with E-state index in [9.17, 15) is 4.79 Å². The molecule has 0 unspecified atom stereocenters. The van der Waals surface area contributed by atoms with Gasteiger partial charge in [-0.1, -0.05) is 15.9 Å². The van der Waals surface area contributed by atoms with Gasteiger partial charge in [0.2, 0.25) is 0 Å². The number of carbonyl (C=O) groups is 1. The van der Waals surface area contributed by atoms with Crippen LogP contribution in [0.1, 0.15) is 19.3 Å². The molecule has 0 N–H and O–H groups in total. The number of alkyl halides is 1. The van der Waals surface area contributed by atoms with Crippen LogP contribution in [0.2, 0.25) is 0 Å². The first-order valence-corrected chi connectivity index (χ1v) is 4.50. The van der Waals surface area contributed by atoms with Crippen LogP contribution in [0.15, 0.2) is 0 Å². The van der Waals surface area contributed by atoms with Crippen molar-refractivity contribution in [1.29, 1.82) is 0 Å². The Labute approximate surface area is 70.1 Å². The summed E-state index contributed by atoms with van der Waals surface area (Å²) >= 11 is 3.10. The molecule has 2 nitrogen and oxygen atoms in total. The van der Waals surface area contributed by atoms with Gasteiger partial charge in [0.15, 0.2) is 0 Å². The van der Waals surface area contributed by atoms with E-state index in [2.05, 4.69) is 15.9 Å². The molecule has 0 spiro atoms. The van der Waals surface area contributed by atoms with E-state index in [0.29, 0.717) is 11.8 Å². The predicted octanol–water partition coefficient (Wildman–Crippen LogP) is 1.77. The topological polar surface area (TPSA) is 26.3 Å². The van der Waals surface area contributed by atoms with Crippen LogP contribution in [-0.2, 0) is 9.53 Å². The van der Waals surface area contributed by atoms with Gasteiger partial charge in [-0.25, -0.2) is 0 Å². The molecule has 0 saturated heterocycles. The Kier molecular flexibility index (Phi) is 7.30. The number of rotatable bonds is 6. The van der Waals surface area contributed by atoms with Gasteiger partial charge in [0, 0.05) is 20.1 Å². The van der Waals surface area contributed by atoms with Crippen LogP contribution in [0, 0.1) is 0 Å². The fourth-order valence-corrected chi connectivity index (χ4v) is 0.916. The summed E-state index contributed by atoms with van der Waals surface area (Å²) in [4.78, 5) is 10.7. The quantitative estimate of drug-likeness (QED) is 0.492. The molecular weight excluding hydrogens is 196 g/mol. The molecule has 0 bridgehead atoms. The van der Waals surface area contributed by atoms with Gasteiger partial charge in [0.1, 0.15) is 5.78 Å². The molecule has 0 aromatic rings. The predicted molar refractivity (Wildman–Crippen MR) is 44.5 cm³/mol. The second-order valence-corrected chi connectivity index (χ2v) is 2.68. The zero-order chi connectivity index (χ0) is 7.82. The van der Waals surface area contributed by atoms with E-state index >= 15 is 0 Å².